The summed E-state index contributed by atoms with van der Waals surface area (Å²) in [6.45, 7) is 6.17. The minimum atomic E-state index is -0.633. The van der Waals surface area contributed by atoms with Crippen LogP contribution in [0.4, 0.5) is 0 Å². The van der Waals surface area contributed by atoms with Crippen molar-refractivity contribution in [1.29, 1.82) is 0 Å². The average Bonchev–Trinajstić information content (AvgIpc) is 3.62. The van der Waals surface area contributed by atoms with Crippen LogP contribution in [0.15, 0.2) is 64.3 Å². The fourth-order valence-corrected chi connectivity index (χ4v) is 4.39. The second-order valence-corrected chi connectivity index (χ2v) is 8.36. The van der Waals surface area contributed by atoms with Crippen LogP contribution < -0.4 is 0 Å². The van der Waals surface area contributed by atoms with Crippen molar-refractivity contribution in [2.45, 2.75) is 25.8 Å². The Kier molecular flexibility index (Phi) is 4.98. The summed E-state index contributed by atoms with van der Waals surface area (Å²) in [6, 6.07) is 8.89. The summed E-state index contributed by atoms with van der Waals surface area (Å²) in [4.78, 5) is 31.9. The molecule has 4 aromatic heterocycles. The highest BCUT2D eigenvalue weighted by atomic mass is 16.4. The summed E-state index contributed by atoms with van der Waals surface area (Å²) in [7, 11) is 0. The maximum atomic E-state index is 13.6. The number of carbonyl (C=O) groups is 1. The Morgan fingerprint density at radius 3 is 3.06 bits per heavy atom. The molecule has 0 aliphatic carbocycles. The van der Waals surface area contributed by atoms with Crippen LogP contribution in [0.3, 0.4) is 0 Å². The number of imidazole rings is 1. The molecule has 1 aromatic carbocycles. The molecule has 1 N–H and O–H groups in total. The van der Waals surface area contributed by atoms with Gasteiger partial charge in [0.25, 0.3) is 5.89 Å². The van der Waals surface area contributed by atoms with Crippen LogP contribution in [0.2, 0.25) is 0 Å². The maximum Gasteiger partial charge on any atom is 0.312 e. The van der Waals surface area contributed by atoms with E-state index in [2.05, 4.69) is 36.7 Å². The predicted octanol–water partition coefficient (Wildman–Crippen LogP) is 3.82. The minimum absolute atomic E-state index is 0.133. The van der Waals surface area contributed by atoms with Crippen LogP contribution in [0.25, 0.3) is 22.7 Å². The van der Waals surface area contributed by atoms with Gasteiger partial charge in [-0.1, -0.05) is 18.2 Å². The number of pyridine rings is 1. The zero-order valence-electron chi connectivity index (χ0n) is 18.9. The third-order valence-corrected chi connectivity index (χ3v) is 6.05. The van der Waals surface area contributed by atoms with Crippen molar-refractivity contribution in [2.24, 2.45) is 0 Å². The molecule has 1 amide bonds. The zero-order chi connectivity index (χ0) is 23.9. The van der Waals surface area contributed by atoms with E-state index >= 15 is 0 Å². The molecule has 0 unspecified atom stereocenters. The molecular formula is C25H21N7O3. The lowest BCUT2D eigenvalue weighted by Gasteiger charge is -2.31. The summed E-state index contributed by atoms with van der Waals surface area (Å²) in [5, 5.41) is 8.14. The van der Waals surface area contributed by atoms with E-state index in [1.165, 1.54) is 0 Å². The zero-order valence-corrected chi connectivity index (χ0v) is 18.9. The Hall–Kier alpha value is -4.60. The number of amides is 1. The molecule has 5 aromatic rings. The Morgan fingerprint density at radius 1 is 1.26 bits per heavy atom. The van der Waals surface area contributed by atoms with Gasteiger partial charge in [0.05, 0.1) is 12.0 Å². The summed E-state index contributed by atoms with van der Waals surface area (Å²) in [5.41, 5.74) is 5.45. The SMILES string of the molecule is C=CCc1cccnc1-c1nnc(C(=O)N2CCc3[nH]cnc3[C@H]2c2nc3ccc(C)cc3o2)o1. The van der Waals surface area contributed by atoms with Gasteiger partial charge in [0.2, 0.25) is 5.89 Å². The first-order chi connectivity index (χ1) is 17.1. The highest BCUT2D eigenvalue weighted by Crippen LogP contribution is 2.35. The number of oxazole rings is 1. The monoisotopic (exact) mass is 467 g/mol. The van der Waals surface area contributed by atoms with Gasteiger partial charge < -0.3 is 18.7 Å². The molecule has 10 nitrogen and oxygen atoms in total. The molecule has 0 radical (unpaired) electrons. The normalized spacial score (nSPS) is 15.3. The van der Waals surface area contributed by atoms with E-state index in [4.69, 9.17) is 8.83 Å². The molecule has 6 rings (SSSR count). The van der Waals surface area contributed by atoms with E-state index in [0.717, 1.165) is 16.8 Å². The van der Waals surface area contributed by atoms with Crippen molar-refractivity contribution < 1.29 is 13.6 Å². The first kappa shape index (κ1) is 21.0. The number of nitrogens with one attached hydrogen (secondary N) is 1. The van der Waals surface area contributed by atoms with Gasteiger partial charge in [0, 0.05) is 24.9 Å². The molecule has 1 aliphatic rings. The highest BCUT2D eigenvalue weighted by molar-refractivity contribution is 5.90. The molecule has 0 bridgehead atoms. The summed E-state index contributed by atoms with van der Waals surface area (Å²) >= 11 is 0. The van der Waals surface area contributed by atoms with E-state index in [-0.39, 0.29) is 11.8 Å². The predicted molar refractivity (Wildman–Crippen MR) is 125 cm³/mol. The number of hydrogen-bond acceptors (Lipinski definition) is 8. The number of allylic oxidation sites excluding steroid dienone is 1. The van der Waals surface area contributed by atoms with Gasteiger partial charge >= 0.3 is 11.8 Å². The van der Waals surface area contributed by atoms with Gasteiger partial charge in [-0.05, 0) is 42.7 Å². The number of nitrogens with zero attached hydrogens (tertiary/aromatic N) is 6. The molecular weight excluding hydrogens is 446 g/mol. The molecule has 0 saturated carbocycles. The van der Waals surface area contributed by atoms with Gasteiger partial charge in [-0.25, -0.2) is 9.97 Å². The van der Waals surface area contributed by atoms with Crippen LogP contribution in [-0.4, -0.2) is 47.5 Å². The molecule has 0 fully saturated rings. The number of H-pyrrole nitrogens is 1. The van der Waals surface area contributed by atoms with Crippen molar-refractivity contribution >= 4 is 17.0 Å². The highest BCUT2D eigenvalue weighted by Gasteiger charge is 2.39. The minimum Gasteiger partial charge on any atom is -0.438 e. The topological polar surface area (TPSA) is 127 Å². The molecule has 174 valence electrons. The number of fused-ring (bicyclic) bond motifs is 2. The van der Waals surface area contributed by atoms with Gasteiger partial charge in [0.15, 0.2) is 11.6 Å². The number of aromatic amines is 1. The van der Waals surface area contributed by atoms with Crippen LogP contribution in [0.1, 0.15) is 45.1 Å². The Morgan fingerprint density at radius 2 is 2.17 bits per heavy atom. The van der Waals surface area contributed by atoms with E-state index in [1.807, 2.05) is 37.3 Å². The number of carbonyl (C=O) groups excluding carboxylic acids is 1. The second-order valence-electron chi connectivity index (χ2n) is 8.36. The largest absolute Gasteiger partial charge is 0.438 e. The second kappa shape index (κ2) is 8.32. The van der Waals surface area contributed by atoms with Crippen LogP contribution in [0.5, 0.6) is 0 Å². The Balaban J connectivity index is 1.38. The van der Waals surface area contributed by atoms with E-state index < -0.39 is 11.9 Å². The lowest BCUT2D eigenvalue weighted by molar-refractivity contribution is 0.0627. The van der Waals surface area contributed by atoms with Crippen molar-refractivity contribution in [3.05, 3.63) is 89.8 Å². The van der Waals surface area contributed by atoms with E-state index in [9.17, 15) is 4.79 Å². The van der Waals surface area contributed by atoms with Crippen molar-refractivity contribution in [3.63, 3.8) is 0 Å². The Labute approximate surface area is 199 Å². The van der Waals surface area contributed by atoms with Gasteiger partial charge in [-0.15, -0.1) is 16.8 Å². The van der Waals surface area contributed by atoms with Crippen LogP contribution in [-0.2, 0) is 12.8 Å². The third-order valence-electron chi connectivity index (χ3n) is 6.05. The maximum absolute atomic E-state index is 13.6. The first-order valence-electron chi connectivity index (χ1n) is 11.2. The van der Waals surface area contributed by atoms with Crippen molar-refractivity contribution in [1.82, 2.24) is 35.0 Å². The fraction of sp³-hybridized carbons (Fsp3) is 0.200. The van der Waals surface area contributed by atoms with Gasteiger partial charge in [-0.3, -0.25) is 9.78 Å². The lowest BCUT2D eigenvalue weighted by Crippen LogP contribution is -2.41. The molecule has 0 saturated heterocycles. The molecule has 35 heavy (non-hydrogen) atoms. The molecule has 1 atom stereocenters. The van der Waals surface area contributed by atoms with Gasteiger partial charge in [0.1, 0.15) is 11.2 Å². The van der Waals surface area contributed by atoms with E-state index in [1.54, 1.807) is 23.5 Å². The first-order valence-corrected chi connectivity index (χ1v) is 11.2. The molecule has 0 spiro atoms. The van der Waals surface area contributed by atoms with Gasteiger partial charge in [-0.2, -0.15) is 0 Å². The fourth-order valence-electron chi connectivity index (χ4n) is 4.39. The smallest absolute Gasteiger partial charge is 0.312 e. The molecule has 5 heterocycles. The van der Waals surface area contributed by atoms with Crippen LogP contribution in [0, 0.1) is 6.92 Å². The molecule has 10 heteroatoms. The quantitative estimate of drug-likeness (QED) is 0.387. The number of benzene rings is 1. The van der Waals surface area contributed by atoms with E-state index in [0.29, 0.717) is 47.8 Å². The lowest BCUT2D eigenvalue weighted by atomic mass is 10.0. The third kappa shape index (κ3) is 3.59. The number of aryl methyl sites for hydroxylation is 1. The number of hydrogen-bond donors (Lipinski definition) is 1. The summed E-state index contributed by atoms with van der Waals surface area (Å²) < 4.78 is 11.9. The van der Waals surface area contributed by atoms with Crippen LogP contribution >= 0.6 is 0 Å². The van der Waals surface area contributed by atoms with Crippen molar-refractivity contribution in [3.8, 4) is 11.6 Å². The van der Waals surface area contributed by atoms with Crippen molar-refractivity contribution in [2.75, 3.05) is 6.54 Å². The Bertz CT molecular complexity index is 1560. The standard InChI is InChI=1S/C25H21N7O3/c1-3-5-15-6-4-10-26-19(15)22-30-31-24(35-22)25(33)32-11-9-17-20(28-13-27-17)21(32)23-29-16-8-7-14(2)12-18(16)34-23/h3-4,6-8,10,12-13,21H,1,5,9,11H2,2H3,(H,27,28)/t21-/m0/s1. The number of rotatable bonds is 5. The number of aromatic nitrogens is 6. The molecule has 1 aliphatic heterocycles. The summed E-state index contributed by atoms with van der Waals surface area (Å²) in [5.74, 6) is -0.00456. The summed E-state index contributed by atoms with van der Waals surface area (Å²) in [6.07, 6.45) is 6.21. The average molecular weight is 467 g/mol.